The van der Waals surface area contributed by atoms with Crippen LogP contribution in [0.1, 0.15) is 25.8 Å². The molecule has 0 saturated heterocycles. The number of hydrogen-bond donors (Lipinski definition) is 1. The number of nitrogens with one attached hydrogen (secondary N) is 1. The van der Waals surface area contributed by atoms with Gasteiger partial charge in [-0.1, -0.05) is 19.1 Å². The lowest BCUT2D eigenvalue weighted by Crippen LogP contribution is -2.17. The number of oxazole rings is 1. The Morgan fingerprint density at radius 2 is 2.21 bits per heavy atom. The first kappa shape index (κ1) is 13.2. The average molecular weight is 261 g/mol. The topological polar surface area (TPSA) is 81.2 Å². The second-order valence-corrected chi connectivity index (χ2v) is 4.12. The van der Waals surface area contributed by atoms with E-state index >= 15 is 0 Å². The van der Waals surface area contributed by atoms with Gasteiger partial charge in [0.1, 0.15) is 0 Å². The smallest absolute Gasteiger partial charge is 0.280 e. The third-order valence-corrected chi connectivity index (χ3v) is 2.77. The van der Waals surface area contributed by atoms with E-state index in [-0.39, 0.29) is 11.7 Å². The summed E-state index contributed by atoms with van der Waals surface area (Å²) in [6.45, 7) is 4.71. The monoisotopic (exact) mass is 261 g/mol. The Labute approximate surface area is 110 Å². The molecule has 6 nitrogen and oxygen atoms in total. The van der Waals surface area contributed by atoms with Gasteiger partial charge in [0.2, 0.25) is 5.89 Å². The van der Waals surface area contributed by atoms with Crippen molar-refractivity contribution in [3.63, 3.8) is 0 Å². The van der Waals surface area contributed by atoms with Crippen LogP contribution in [0, 0.1) is 10.1 Å². The molecule has 0 fully saturated rings. The molecule has 0 aliphatic rings. The Hall–Kier alpha value is -2.21. The van der Waals surface area contributed by atoms with Crippen LogP contribution in [-0.2, 0) is 0 Å². The molecular formula is C13H15N3O3. The molecule has 1 aromatic carbocycles. The Balaban J connectivity index is 2.35. The molecule has 6 heteroatoms. The van der Waals surface area contributed by atoms with Crippen molar-refractivity contribution in [2.24, 2.45) is 0 Å². The predicted octanol–water partition coefficient (Wildman–Crippen LogP) is 2.92. The first-order chi connectivity index (χ1) is 9.13. The van der Waals surface area contributed by atoms with Crippen LogP contribution in [0.2, 0.25) is 0 Å². The number of aromatic nitrogens is 1. The summed E-state index contributed by atoms with van der Waals surface area (Å²) in [6, 6.07) is 6.44. The highest BCUT2D eigenvalue weighted by Gasteiger charge is 2.19. The lowest BCUT2D eigenvalue weighted by Gasteiger charge is -2.06. The second kappa shape index (κ2) is 5.62. The molecule has 2 aromatic rings. The molecule has 2 rings (SSSR count). The van der Waals surface area contributed by atoms with Gasteiger partial charge >= 0.3 is 0 Å². The van der Waals surface area contributed by atoms with E-state index in [1.54, 1.807) is 18.2 Å². The van der Waals surface area contributed by atoms with Gasteiger partial charge in [0.15, 0.2) is 5.76 Å². The van der Waals surface area contributed by atoms with Crippen LogP contribution in [0.4, 0.5) is 5.69 Å². The van der Waals surface area contributed by atoms with Gasteiger partial charge in [-0.05, 0) is 19.5 Å². The number of nitro groups is 1. The molecule has 0 aliphatic carbocycles. The van der Waals surface area contributed by atoms with Gasteiger partial charge in [0.25, 0.3) is 5.69 Å². The lowest BCUT2D eigenvalue weighted by atomic mass is 10.1. The van der Waals surface area contributed by atoms with Gasteiger partial charge in [-0.25, -0.2) is 4.98 Å². The zero-order chi connectivity index (χ0) is 13.8. The molecule has 100 valence electrons. The van der Waals surface area contributed by atoms with Crippen molar-refractivity contribution in [3.8, 4) is 11.3 Å². The van der Waals surface area contributed by atoms with Crippen LogP contribution < -0.4 is 5.32 Å². The first-order valence-corrected chi connectivity index (χ1v) is 6.06. The zero-order valence-corrected chi connectivity index (χ0v) is 10.8. The first-order valence-electron chi connectivity index (χ1n) is 6.06. The largest absolute Gasteiger partial charge is 0.439 e. The summed E-state index contributed by atoms with van der Waals surface area (Å²) in [5.74, 6) is 0.932. The Bertz CT molecular complexity index is 580. The molecule has 1 unspecified atom stereocenters. The molecule has 0 amide bonds. The molecule has 0 spiro atoms. The summed E-state index contributed by atoms with van der Waals surface area (Å²) in [7, 11) is 0. The van der Waals surface area contributed by atoms with Gasteiger partial charge in [0.05, 0.1) is 22.7 Å². The highest BCUT2D eigenvalue weighted by molar-refractivity contribution is 5.68. The quantitative estimate of drug-likeness (QED) is 0.661. The Kier molecular flexibility index (Phi) is 3.91. The molecule has 1 aromatic heterocycles. The van der Waals surface area contributed by atoms with Gasteiger partial charge in [0, 0.05) is 6.07 Å². The van der Waals surface area contributed by atoms with E-state index in [9.17, 15) is 10.1 Å². The fraction of sp³-hybridized carbons (Fsp3) is 0.308. The minimum Gasteiger partial charge on any atom is -0.439 e. The molecular weight excluding hydrogens is 246 g/mol. The second-order valence-electron chi connectivity index (χ2n) is 4.12. The summed E-state index contributed by atoms with van der Waals surface area (Å²) >= 11 is 0. The molecule has 19 heavy (non-hydrogen) atoms. The SMILES string of the molecule is CCNC(C)c1ncc(-c2ccccc2[N+](=O)[O-])o1. The van der Waals surface area contributed by atoms with Crippen molar-refractivity contribution in [2.75, 3.05) is 6.54 Å². The van der Waals surface area contributed by atoms with Crippen molar-refractivity contribution in [3.05, 3.63) is 46.5 Å². The number of rotatable bonds is 5. The average Bonchev–Trinajstić information content (AvgIpc) is 2.88. The van der Waals surface area contributed by atoms with Crippen molar-refractivity contribution < 1.29 is 9.34 Å². The number of hydrogen-bond acceptors (Lipinski definition) is 5. The van der Waals surface area contributed by atoms with Crippen LogP contribution in [0.5, 0.6) is 0 Å². The van der Waals surface area contributed by atoms with Crippen LogP contribution in [0.25, 0.3) is 11.3 Å². The van der Waals surface area contributed by atoms with E-state index in [2.05, 4.69) is 10.3 Å². The van der Waals surface area contributed by atoms with Crippen molar-refractivity contribution in [2.45, 2.75) is 19.9 Å². The molecule has 1 heterocycles. The molecule has 0 radical (unpaired) electrons. The van der Waals surface area contributed by atoms with Crippen LogP contribution in [-0.4, -0.2) is 16.5 Å². The summed E-state index contributed by atoms with van der Waals surface area (Å²) in [5.41, 5.74) is 0.455. The fourth-order valence-corrected chi connectivity index (χ4v) is 1.85. The van der Waals surface area contributed by atoms with Gasteiger partial charge in [-0.2, -0.15) is 0 Å². The number of para-hydroxylation sites is 1. The lowest BCUT2D eigenvalue weighted by molar-refractivity contribution is -0.384. The van der Waals surface area contributed by atoms with Crippen LogP contribution in [0.15, 0.2) is 34.9 Å². The summed E-state index contributed by atoms with van der Waals surface area (Å²) in [5, 5.41) is 14.1. The molecule has 1 N–H and O–H groups in total. The summed E-state index contributed by atoms with van der Waals surface area (Å²) in [4.78, 5) is 14.7. The van der Waals surface area contributed by atoms with Crippen LogP contribution >= 0.6 is 0 Å². The standard InChI is InChI=1S/C13H15N3O3/c1-3-14-9(2)13-15-8-12(19-13)10-6-4-5-7-11(10)16(17)18/h4-9,14H,3H2,1-2H3. The third-order valence-electron chi connectivity index (χ3n) is 2.77. The normalized spacial score (nSPS) is 12.3. The maximum absolute atomic E-state index is 11.0. The van der Waals surface area contributed by atoms with E-state index < -0.39 is 4.92 Å². The predicted molar refractivity (Wildman–Crippen MR) is 70.7 cm³/mol. The molecule has 0 aliphatic heterocycles. The molecule has 1 atom stereocenters. The van der Waals surface area contributed by atoms with E-state index in [1.807, 2.05) is 13.8 Å². The molecule has 0 bridgehead atoms. The van der Waals surface area contributed by atoms with Crippen molar-refractivity contribution in [1.82, 2.24) is 10.3 Å². The number of nitro benzene ring substituents is 1. The van der Waals surface area contributed by atoms with Gasteiger partial charge in [-0.3, -0.25) is 10.1 Å². The highest BCUT2D eigenvalue weighted by atomic mass is 16.6. The van der Waals surface area contributed by atoms with Gasteiger partial charge in [-0.15, -0.1) is 0 Å². The van der Waals surface area contributed by atoms with Gasteiger partial charge < -0.3 is 9.73 Å². The highest BCUT2D eigenvalue weighted by Crippen LogP contribution is 2.30. The third kappa shape index (κ3) is 2.79. The Morgan fingerprint density at radius 1 is 1.47 bits per heavy atom. The van der Waals surface area contributed by atoms with Crippen molar-refractivity contribution in [1.29, 1.82) is 0 Å². The van der Waals surface area contributed by atoms with Crippen molar-refractivity contribution >= 4 is 5.69 Å². The minimum absolute atomic E-state index is 0.0151. The zero-order valence-electron chi connectivity index (χ0n) is 10.8. The Morgan fingerprint density at radius 3 is 2.89 bits per heavy atom. The van der Waals surface area contributed by atoms with E-state index in [0.29, 0.717) is 17.2 Å². The maximum Gasteiger partial charge on any atom is 0.280 e. The van der Waals surface area contributed by atoms with E-state index in [4.69, 9.17) is 4.42 Å². The van der Waals surface area contributed by atoms with E-state index in [1.165, 1.54) is 12.3 Å². The summed E-state index contributed by atoms with van der Waals surface area (Å²) in [6.07, 6.45) is 1.52. The van der Waals surface area contributed by atoms with E-state index in [0.717, 1.165) is 6.54 Å². The molecule has 0 saturated carbocycles. The minimum atomic E-state index is -0.425. The summed E-state index contributed by atoms with van der Waals surface area (Å²) < 4.78 is 5.60. The number of nitrogens with zero attached hydrogens (tertiary/aromatic N) is 2. The maximum atomic E-state index is 11.0. The number of benzene rings is 1. The fourth-order valence-electron chi connectivity index (χ4n) is 1.85. The van der Waals surface area contributed by atoms with Crippen LogP contribution in [0.3, 0.4) is 0 Å².